The van der Waals surface area contributed by atoms with Crippen molar-refractivity contribution in [2.24, 2.45) is 5.92 Å². The van der Waals surface area contributed by atoms with E-state index >= 15 is 0 Å². The maximum absolute atomic E-state index is 11.8. The lowest BCUT2D eigenvalue weighted by Gasteiger charge is -2.11. The van der Waals surface area contributed by atoms with Gasteiger partial charge in [0.1, 0.15) is 5.82 Å². The van der Waals surface area contributed by atoms with E-state index in [0.717, 1.165) is 28.6 Å². The Morgan fingerprint density at radius 2 is 1.39 bits per heavy atom. The lowest BCUT2D eigenvalue weighted by molar-refractivity contribution is -0.118. The third kappa shape index (κ3) is 5.30. The number of rotatable bonds is 6. The smallest absolute Gasteiger partial charge is 0.229 e. The number of anilines is 5. The number of hydrogen-bond donors (Lipinski definition) is 3. The molecule has 6 nitrogen and oxygen atoms in total. The van der Waals surface area contributed by atoms with Crippen LogP contribution in [-0.4, -0.2) is 15.9 Å². The van der Waals surface area contributed by atoms with E-state index in [-0.39, 0.29) is 11.8 Å². The molecule has 3 N–H and O–H groups in total. The average Bonchev–Trinajstić information content (AvgIpc) is 2.64. The summed E-state index contributed by atoms with van der Waals surface area (Å²) in [6.45, 7) is 7.71. The van der Waals surface area contributed by atoms with Gasteiger partial charge in [-0.25, -0.2) is 4.98 Å². The molecule has 0 aliphatic heterocycles. The molecule has 2 aromatic carbocycles. The van der Waals surface area contributed by atoms with Crippen LogP contribution in [0, 0.1) is 19.8 Å². The van der Waals surface area contributed by atoms with Crippen LogP contribution in [0.25, 0.3) is 0 Å². The fourth-order valence-corrected chi connectivity index (χ4v) is 2.53. The van der Waals surface area contributed by atoms with Gasteiger partial charge in [-0.2, -0.15) is 4.98 Å². The van der Waals surface area contributed by atoms with Crippen molar-refractivity contribution >= 4 is 34.7 Å². The molecule has 1 amide bonds. The minimum absolute atomic E-state index is 0.00505. The first-order chi connectivity index (χ1) is 13.4. The van der Waals surface area contributed by atoms with E-state index in [1.54, 1.807) is 0 Å². The van der Waals surface area contributed by atoms with Gasteiger partial charge in [0.15, 0.2) is 0 Å². The highest BCUT2D eigenvalue weighted by molar-refractivity contribution is 5.92. The molecule has 0 fully saturated rings. The Morgan fingerprint density at radius 1 is 0.821 bits per heavy atom. The summed E-state index contributed by atoms with van der Waals surface area (Å²) < 4.78 is 0. The molecule has 28 heavy (non-hydrogen) atoms. The molecule has 0 aliphatic carbocycles. The summed E-state index contributed by atoms with van der Waals surface area (Å²) in [5, 5.41) is 9.38. The summed E-state index contributed by atoms with van der Waals surface area (Å²) in [7, 11) is 0. The monoisotopic (exact) mass is 375 g/mol. The van der Waals surface area contributed by atoms with Crippen molar-refractivity contribution in [2.45, 2.75) is 27.7 Å². The summed E-state index contributed by atoms with van der Waals surface area (Å²) in [4.78, 5) is 20.8. The molecule has 0 spiro atoms. The summed E-state index contributed by atoms with van der Waals surface area (Å²) in [5.74, 6) is 1.17. The third-order valence-corrected chi connectivity index (χ3v) is 4.11. The molecule has 0 bridgehead atoms. The molecule has 1 aromatic heterocycles. The Balaban J connectivity index is 1.71. The molecule has 0 aliphatic rings. The van der Waals surface area contributed by atoms with Gasteiger partial charge < -0.3 is 16.0 Å². The van der Waals surface area contributed by atoms with E-state index < -0.39 is 0 Å². The molecule has 0 saturated heterocycles. The van der Waals surface area contributed by atoms with Crippen LogP contribution in [0.1, 0.15) is 25.1 Å². The number of nitrogens with zero attached hydrogens (tertiary/aromatic N) is 2. The van der Waals surface area contributed by atoms with Gasteiger partial charge in [0, 0.05) is 34.7 Å². The predicted molar refractivity (Wildman–Crippen MR) is 114 cm³/mol. The van der Waals surface area contributed by atoms with Crippen LogP contribution >= 0.6 is 0 Å². The number of aromatic nitrogens is 2. The zero-order valence-electron chi connectivity index (χ0n) is 16.6. The predicted octanol–water partition coefficient (Wildman–Crippen LogP) is 5.18. The summed E-state index contributed by atoms with van der Waals surface area (Å²) >= 11 is 0. The highest BCUT2D eigenvalue weighted by Gasteiger charge is 2.07. The van der Waals surface area contributed by atoms with Crippen molar-refractivity contribution in [3.05, 3.63) is 65.9 Å². The van der Waals surface area contributed by atoms with Gasteiger partial charge in [0.05, 0.1) is 0 Å². The normalized spacial score (nSPS) is 10.6. The maximum Gasteiger partial charge on any atom is 0.229 e. The second-order valence-corrected chi connectivity index (χ2v) is 7.06. The lowest BCUT2D eigenvalue weighted by Crippen LogP contribution is -2.17. The molecule has 144 valence electrons. The fraction of sp³-hybridized carbons (Fsp3) is 0.227. The zero-order valence-corrected chi connectivity index (χ0v) is 16.6. The minimum Gasteiger partial charge on any atom is -0.340 e. The van der Waals surface area contributed by atoms with E-state index in [2.05, 4.69) is 45.0 Å². The van der Waals surface area contributed by atoms with Crippen molar-refractivity contribution < 1.29 is 4.79 Å². The van der Waals surface area contributed by atoms with Gasteiger partial charge in [0.2, 0.25) is 11.9 Å². The van der Waals surface area contributed by atoms with Gasteiger partial charge in [-0.05, 0) is 50.2 Å². The first-order valence-corrected chi connectivity index (χ1v) is 9.26. The second-order valence-electron chi connectivity index (χ2n) is 7.06. The van der Waals surface area contributed by atoms with E-state index in [9.17, 15) is 4.79 Å². The van der Waals surface area contributed by atoms with Crippen LogP contribution in [0.2, 0.25) is 0 Å². The molecule has 6 heteroatoms. The Labute approximate surface area is 165 Å². The van der Waals surface area contributed by atoms with Crippen LogP contribution in [0.5, 0.6) is 0 Å². The number of carbonyl (C=O) groups excluding carboxylic acids is 1. The summed E-state index contributed by atoms with van der Waals surface area (Å²) in [5.41, 5.74) is 4.64. The van der Waals surface area contributed by atoms with Crippen LogP contribution < -0.4 is 16.0 Å². The highest BCUT2D eigenvalue weighted by atomic mass is 16.1. The Hall–Kier alpha value is -3.41. The molecule has 3 aromatic rings. The summed E-state index contributed by atoms with van der Waals surface area (Å²) in [6.07, 6.45) is 0. The first-order valence-electron chi connectivity index (χ1n) is 9.26. The summed E-state index contributed by atoms with van der Waals surface area (Å²) in [6, 6.07) is 17.5. The number of carbonyl (C=O) groups is 1. The molecule has 0 radical (unpaired) electrons. The Bertz CT molecular complexity index is 950. The van der Waals surface area contributed by atoms with Crippen LogP contribution in [0.4, 0.5) is 28.8 Å². The van der Waals surface area contributed by atoms with Gasteiger partial charge in [-0.15, -0.1) is 0 Å². The van der Waals surface area contributed by atoms with Crippen LogP contribution in [0.3, 0.4) is 0 Å². The molecule has 0 atom stereocenters. The standard InChI is InChI=1S/C22H25N5O/c1-14(2)21(28)25-18-9-11-19(12-10-18)26-22-23-16(4)13-20(27-22)24-17-7-5-15(3)6-8-17/h5-14H,1-4H3,(H,25,28)(H2,23,24,26,27). The fourth-order valence-electron chi connectivity index (χ4n) is 2.53. The topological polar surface area (TPSA) is 78.9 Å². The number of benzene rings is 2. The van der Waals surface area contributed by atoms with Crippen LogP contribution in [-0.2, 0) is 4.79 Å². The zero-order chi connectivity index (χ0) is 20.1. The molecule has 1 heterocycles. The quantitative estimate of drug-likeness (QED) is 0.553. The Kier molecular flexibility index (Phi) is 5.89. The molecule has 0 saturated carbocycles. The molecule has 0 unspecified atom stereocenters. The average molecular weight is 375 g/mol. The molecular weight excluding hydrogens is 350 g/mol. The van der Waals surface area contributed by atoms with Gasteiger partial charge in [-0.1, -0.05) is 31.5 Å². The molecule has 3 rings (SSSR count). The van der Waals surface area contributed by atoms with Crippen molar-refractivity contribution in [3.63, 3.8) is 0 Å². The van der Waals surface area contributed by atoms with Gasteiger partial charge in [0.25, 0.3) is 0 Å². The lowest BCUT2D eigenvalue weighted by atomic mass is 10.2. The van der Waals surface area contributed by atoms with Crippen LogP contribution in [0.15, 0.2) is 54.6 Å². The van der Waals surface area contributed by atoms with Crippen molar-refractivity contribution in [1.82, 2.24) is 9.97 Å². The second kappa shape index (κ2) is 8.52. The molecular formula is C22H25N5O. The maximum atomic E-state index is 11.8. The first kappa shape index (κ1) is 19.4. The van der Waals surface area contributed by atoms with Crippen molar-refractivity contribution in [2.75, 3.05) is 16.0 Å². The van der Waals surface area contributed by atoms with Gasteiger partial charge in [-0.3, -0.25) is 4.79 Å². The largest absolute Gasteiger partial charge is 0.340 e. The van der Waals surface area contributed by atoms with Gasteiger partial charge >= 0.3 is 0 Å². The highest BCUT2D eigenvalue weighted by Crippen LogP contribution is 2.21. The van der Waals surface area contributed by atoms with E-state index in [4.69, 9.17) is 0 Å². The van der Waals surface area contributed by atoms with E-state index in [0.29, 0.717) is 5.95 Å². The van der Waals surface area contributed by atoms with E-state index in [1.807, 2.05) is 63.2 Å². The number of nitrogens with one attached hydrogen (secondary N) is 3. The Morgan fingerprint density at radius 3 is 2.04 bits per heavy atom. The van der Waals surface area contributed by atoms with E-state index in [1.165, 1.54) is 5.56 Å². The van der Waals surface area contributed by atoms with Crippen molar-refractivity contribution in [3.8, 4) is 0 Å². The number of amides is 1. The number of aryl methyl sites for hydroxylation is 2. The number of hydrogen-bond acceptors (Lipinski definition) is 5. The minimum atomic E-state index is -0.0575. The van der Waals surface area contributed by atoms with Crippen molar-refractivity contribution in [1.29, 1.82) is 0 Å². The SMILES string of the molecule is Cc1ccc(Nc2cc(C)nc(Nc3ccc(NC(=O)C(C)C)cc3)n2)cc1. The third-order valence-electron chi connectivity index (χ3n) is 4.11.